The minimum Gasteiger partial charge on any atom is -0.478 e. The summed E-state index contributed by atoms with van der Waals surface area (Å²) in [4.78, 5) is 10.8. The van der Waals surface area contributed by atoms with Crippen LogP contribution in [0.1, 0.15) is 36.2 Å². The molecule has 0 atom stereocenters. The van der Waals surface area contributed by atoms with Crippen LogP contribution in [0.15, 0.2) is 24.3 Å². The van der Waals surface area contributed by atoms with E-state index in [9.17, 15) is 9.36 Å². The standard InChI is InChI=1S/C14H19O5P/c1-3-18-14(20-17,19-4-2)10-9-11-5-7-12(8-6-11)13(15)16/h5-8H,3-4,9-10H2,1-2H3,(H,15,16). The van der Waals surface area contributed by atoms with Gasteiger partial charge in [-0.05, 0) is 38.0 Å². The molecule has 0 saturated carbocycles. The van der Waals surface area contributed by atoms with Gasteiger partial charge in [0.25, 0.3) is 5.53 Å². The van der Waals surface area contributed by atoms with E-state index in [1.165, 1.54) is 0 Å². The van der Waals surface area contributed by atoms with Gasteiger partial charge < -0.3 is 14.6 Å². The number of hydrogen-bond acceptors (Lipinski definition) is 4. The first-order valence-electron chi connectivity index (χ1n) is 6.51. The van der Waals surface area contributed by atoms with Gasteiger partial charge in [-0.2, -0.15) is 0 Å². The number of hydrogen-bond donors (Lipinski definition) is 1. The predicted molar refractivity (Wildman–Crippen MR) is 75.3 cm³/mol. The van der Waals surface area contributed by atoms with E-state index in [1.807, 2.05) is 13.8 Å². The van der Waals surface area contributed by atoms with E-state index in [0.717, 1.165) is 5.56 Å². The van der Waals surface area contributed by atoms with Crippen molar-refractivity contribution in [2.45, 2.75) is 32.2 Å². The fraction of sp³-hybridized carbons (Fsp3) is 0.500. The topological polar surface area (TPSA) is 72.8 Å². The Morgan fingerprint density at radius 1 is 1.20 bits per heavy atom. The quantitative estimate of drug-likeness (QED) is 0.559. The molecule has 0 radical (unpaired) electrons. The van der Waals surface area contributed by atoms with Crippen LogP contribution in [0.3, 0.4) is 0 Å². The van der Waals surface area contributed by atoms with Gasteiger partial charge in [0.1, 0.15) is 0 Å². The SMILES string of the molecule is CCOC(CCc1ccc(C(=O)O)cc1)(OCC)P=O. The highest BCUT2D eigenvalue weighted by Crippen LogP contribution is 2.31. The minimum atomic E-state index is -1.12. The van der Waals surface area contributed by atoms with E-state index in [4.69, 9.17) is 14.6 Å². The van der Waals surface area contributed by atoms with Crippen LogP contribution in [0.4, 0.5) is 0 Å². The zero-order valence-electron chi connectivity index (χ0n) is 11.7. The highest BCUT2D eigenvalue weighted by Gasteiger charge is 2.32. The molecule has 1 aromatic rings. The van der Waals surface area contributed by atoms with Crippen molar-refractivity contribution in [3.63, 3.8) is 0 Å². The van der Waals surface area contributed by atoms with Gasteiger partial charge in [-0.25, -0.2) is 4.79 Å². The molecule has 0 spiro atoms. The second kappa shape index (κ2) is 8.10. The first-order chi connectivity index (χ1) is 9.56. The molecule has 0 fully saturated rings. The summed E-state index contributed by atoms with van der Waals surface area (Å²) in [6.07, 6.45) is 1.03. The van der Waals surface area contributed by atoms with Crippen LogP contribution < -0.4 is 0 Å². The number of aryl methyl sites for hydroxylation is 1. The van der Waals surface area contributed by atoms with Crippen molar-refractivity contribution in [1.82, 2.24) is 0 Å². The number of aromatic carboxylic acids is 1. The summed E-state index contributed by atoms with van der Waals surface area (Å²) < 4.78 is 22.3. The second-order valence-electron chi connectivity index (χ2n) is 4.17. The third-order valence-electron chi connectivity index (χ3n) is 2.81. The van der Waals surface area contributed by atoms with E-state index >= 15 is 0 Å². The molecule has 0 aliphatic rings. The van der Waals surface area contributed by atoms with Crippen molar-refractivity contribution in [1.29, 1.82) is 0 Å². The van der Waals surface area contributed by atoms with Gasteiger partial charge in [-0.1, -0.05) is 12.1 Å². The number of carboxylic acid groups (broad SMARTS) is 1. The molecule has 6 heteroatoms. The van der Waals surface area contributed by atoms with E-state index in [-0.39, 0.29) is 14.0 Å². The molecule has 0 saturated heterocycles. The van der Waals surface area contributed by atoms with Crippen LogP contribution in [0, 0.1) is 0 Å². The van der Waals surface area contributed by atoms with E-state index in [2.05, 4.69) is 0 Å². The lowest BCUT2D eigenvalue weighted by atomic mass is 10.1. The number of benzene rings is 1. The van der Waals surface area contributed by atoms with Crippen molar-refractivity contribution in [2.24, 2.45) is 0 Å². The fourth-order valence-electron chi connectivity index (χ4n) is 1.85. The molecule has 20 heavy (non-hydrogen) atoms. The van der Waals surface area contributed by atoms with E-state index < -0.39 is 11.5 Å². The number of carboxylic acids is 1. The maximum atomic E-state index is 11.3. The molecule has 0 amide bonds. The van der Waals surface area contributed by atoms with Gasteiger partial charge in [0, 0.05) is 19.6 Å². The highest BCUT2D eigenvalue weighted by atomic mass is 31.1. The van der Waals surface area contributed by atoms with Crippen LogP contribution in [0.25, 0.3) is 0 Å². The highest BCUT2D eigenvalue weighted by molar-refractivity contribution is 7.25. The normalized spacial score (nSPS) is 11.7. The van der Waals surface area contributed by atoms with Gasteiger partial charge in [-0.3, -0.25) is 4.57 Å². The van der Waals surface area contributed by atoms with E-state index in [1.54, 1.807) is 24.3 Å². The lowest BCUT2D eigenvalue weighted by Crippen LogP contribution is -2.30. The van der Waals surface area contributed by atoms with Crippen molar-refractivity contribution in [2.75, 3.05) is 13.2 Å². The van der Waals surface area contributed by atoms with Gasteiger partial charge in [-0.15, -0.1) is 0 Å². The fourth-order valence-corrected chi connectivity index (χ4v) is 2.42. The lowest BCUT2D eigenvalue weighted by Gasteiger charge is -2.26. The largest absolute Gasteiger partial charge is 0.478 e. The van der Waals surface area contributed by atoms with Crippen LogP contribution in [0.5, 0.6) is 0 Å². The molecule has 5 nitrogen and oxygen atoms in total. The van der Waals surface area contributed by atoms with Gasteiger partial charge in [0.2, 0.25) is 8.46 Å². The maximum absolute atomic E-state index is 11.3. The summed E-state index contributed by atoms with van der Waals surface area (Å²) in [5.41, 5.74) is 0.0774. The molecule has 0 unspecified atom stereocenters. The average molecular weight is 298 g/mol. The molecular weight excluding hydrogens is 279 g/mol. The first-order valence-corrected chi connectivity index (χ1v) is 7.32. The zero-order valence-corrected chi connectivity index (χ0v) is 12.6. The molecular formula is C14H19O5P. The first kappa shape index (κ1) is 16.8. The molecule has 1 N–H and O–H groups in total. The monoisotopic (exact) mass is 298 g/mol. The minimum absolute atomic E-state index is 0.203. The summed E-state index contributed by atoms with van der Waals surface area (Å²) in [5.74, 6) is -0.951. The van der Waals surface area contributed by atoms with Crippen molar-refractivity contribution < 1.29 is 23.9 Å². The Labute approximate surface area is 120 Å². The Balaban J connectivity index is 2.71. The van der Waals surface area contributed by atoms with Crippen molar-refractivity contribution in [3.05, 3.63) is 35.4 Å². The second-order valence-corrected chi connectivity index (χ2v) is 5.04. The maximum Gasteiger partial charge on any atom is 0.335 e. The van der Waals surface area contributed by atoms with Crippen molar-refractivity contribution >= 4 is 14.4 Å². The summed E-state index contributed by atoms with van der Waals surface area (Å²) >= 11 is 0. The molecule has 1 aromatic carbocycles. The Morgan fingerprint density at radius 2 is 1.75 bits per heavy atom. The third-order valence-corrected chi connectivity index (χ3v) is 3.57. The van der Waals surface area contributed by atoms with E-state index in [0.29, 0.717) is 26.1 Å². The molecule has 1 rings (SSSR count). The molecule has 0 aliphatic carbocycles. The third kappa shape index (κ3) is 4.67. The predicted octanol–water partition coefficient (Wildman–Crippen LogP) is 3.34. The number of rotatable bonds is 9. The Kier molecular flexibility index (Phi) is 6.79. The zero-order chi connectivity index (χ0) is 15.0. The van der Waals surface area contributed by atoms with Gasteiger partial charge >= 0.3 is 5.97 Å². The van der Waals surface area contributed by atoms with Crippen LogP contribution in [-0.2, 0) is 20.5 Å². The number of ether oxygens (including phenoxy) is 2. The lowest BCUT2D eigenvalue weighted by molar-refractivity contribution is -0.172. The summed E-state index contributed by atoms with van der Waals surface area (Å²) in [5, 5.41) is 8.83. The molecule has 0 bridgehead atoms. The summed E-state index contributed by atoms with van der Waals surface area (Å²) in [6, 6.07) is 6.59. The summed E-state index contributed by atoms with van der Waals surface area (Å²) in [7, 11) is -0.203. The Bertz CT molecular complexity index is 437. The van der Waals surface area contributed by atoms with Crippen LogP contribution in [0.2, 0.25) is 0 Å². The molecule has 0 aliphatic heterocycles. The molecule has 110 valence electrons. The van der Waals surface area contributed by atoms with Crippen LogP contribution in [-0.4, -0.2) is 29.8 Å². The molecule has 0 heterocycles. The molecule has 0 aromatic heterocycles. The summed E-state index contributed by atoms with van der Waals surface area (Å²) in [6.45, 7) is 4.46. The smallest absolute Gasteiger partial charge is 0.335 e. The number of carbonyl (C=O) groups is 1. The average Bonchev–Trinajstić information content (AvgIpc) is 2.45. The Hall–Kier alpha value is -1.29. The van der Waals surface area contributed by atoms with Crippen molar-refractivity contribution in [3.8, 4) is 0 Å². The van der Waals surface area contributed by atoms with Gasteiger partial charge in [0.05, 0.1) is 5.56 Å². The Morgan fingerprint density at radius 3 is 2.15 bits per heavy atom. The van der Waals surface area contributed by atoms with Gasteiger partial charge in [0.15, 0.2) is 0 Å². The van der Waals surface area contributed by atoms with Crippen LogP contribution >= 0.6 is 8.46 Å².